The fraction of sp³-hybridized carbons (Fsp3) is 0.286. The van der Waals surface area contributed by atoms with Gasteiger partial charge in [-0.15, -0.1) is 0 Å². The normalized spacial score (nSPS) is 12.4. The molecule has 1 N–H and O–H groups in total. The average molecular weight is 263 g/mol. The summed E-state index contributed by atoms with van der Waals surface area (Å²) in [6.07, 6.45) is 1.66. The molecule has 1 atom stereocenters. The fourth-order valence-electron chi connectivity index (χ4n) is 1.89. The molecule has 0 bridgehead atoms. The van der Waals surface area contributed by atoms with Crippen LogP contribution < -0.4 is 5.32 Å². The number of hydrogen-bond donors (Lipinski definition) is 1. The number of hydrogen-bond acceptors (Lipinski definition) is 3. The van der Waals surface area contributed by atoms with Crippen LogP contribution in [0.2, 0.25) is 0 Å². The number of benzene rings is 1. The highest BCUT2D eigenvalue weighted by Crippen LogP contribution is 2.20. The molecule has 1 heterocycles. The Balaban J connectivity index is 2.07. The lowest BCUT2D eigenvalue weighted by molar-refractivity contribution is 0.485. The van der Waals surface area contributed by atoms with E-state index >= 15 is 0 Å². The van der Waals surface area contributed by atoms with E-state index in [4.69, 9.17) is 0 Å². The Bertz CT molecular complexity index is 552. The molecule has 0 radical (unpaired) electrons. The highest BCUT2D eigenvalue weighted by molar-refractivity contribution is 5.22. The van der Waals surface area contributed by atoms with Gasteiger partial charge in [-0.1, -0.05) is 6.07 Å². The van der Waals surface area contributed by atoms with Gasteiger partial charge >= 0.3 is 0 Å². The van der Waals surface area contributed by atoms with Crippen molar-refractivity contribution in [1.29, 1.82) is 0 Å². The molecular weight excluding hydrogens is 248 g/mol. The Morgan fingerprint density at radius 3 is 2.53 bits per heavy atom. The molecule has 5 heteroatoms. The largest absolute Gasteiger partial charge is 0.304 e. The zero-order valence-electron chi connectivity index (χ0n) is 10.8. The molecule has 0 aliphatic carbocycles. The van der Waals surface area contributed by atoms with Crippen molar-refractivity contribution in [2.24, 2.45) is 0 Å². The summed E-state index contributed by atoms with van der Waals surface area (Å²) in [7, 11) is 0. The zero-order valence-corrected chi connectivity index (χ0v) is 10.8. The summed E-state index contributed by atoms with van der Waals surface area (Å²) < 4.78 is 27.2. The summed E-state index contributed by atoms with van der Waals surface area (Å²) in [5, 5.41) is 3.05. The molecule has 1 aromatic heterocycles. The Labute approximate surface area is 110 Å². The molecule has 2 aromatic rings. The molecule has 0 aliphatic heterocycles. The Hall–Kier alpha value is -1.88. The molecule has 0 aliphatic rings. The molecule has 0 saturated heterocycles. The van der Waals surface area contributed by atoms with E-state index in [2.05, 4.69) is 15.3 Å². The van der Waals surface area contributed by atoms with Gasteiger partial charge in [0.1, 0.15) is 17.5 Å². The van der Waals surface area contributed by atoms with Crippen LogP contribution in [0.4, 0.5) is 8.78 Å². The molecule has 0 fully saturated rings. The van der Waals surface area contributed by atoms with Crippen LogP contribution in [0.15, 0.2) is 30.5 Å². The third-order valence-corrected chi connectivity index (χ3v) is 2.86. The molecule has 2 rings (SSSR count). The van der Waals surface area contributed by atoms with Gasteiger partial charge in [-0.25, -0.2) is 18.7 Å². The lowest BCUT2D eigenvalue weighted by Gasteiger charge is -2.15. The highest BCUT2D eigenvalue weighted by atomic mass is 19.1. The number of aryl methyl sites for hydroxylation is 1. The third-order valence-electron chi connectivity index (χ3n) is 2.86. The van der Waals surface area contributed by atoms with Crippen molar-refractivity contribution < 1.29 is 8.78 Å². The number of nitrogens with zero attached hydrogens (tertiary/aromatic N) is 2. The number of aromatic nitrogens is 2. The fourth-order valence-corrected chi connectivity index (χ4v) is 1.89. The Morgan fingerprint density at radius 2 is 1.89 bits per heavy atom. The molecule has 100 valence electrons. The second-order valence-electron chi connectivity index (χ2n) is 4.33. The van der Waals surface area contributed by atoms with Gasteiger partial charge in [0, 0.05) is 24.3 Å². The van der Waals surface area contributed by atoms with Crippen LogP contribution in [0.25, 0.3) is 0 Å². The predicted molar refractivity (Wildman–Crippen MR) is 68.4 cm³/mol. The lowest BCUT2D eigenvalue weighted by Crippen LogP contribution is -2.21. The second-order valence-corrected chi connectivity index (χ2v) is 4.33. The summed E-state index contributed by atoms with van der Waals surface area (Å²) in [6.45, 7) is 3.94. The van der Waals surface area contributed by atoms with Crippen molar-refractivity contribution in [3.05, 3.63) is 59.2 Å². The van der Waals surface area contributed by atoms with E-state index < -0.39 is 17.7 Å². The molecule has 0 spiro atoms. The second kappa shape index (κ2) is 5.84. The number of rotatable bonds is 4. The maximum atomic E-state index is 13.6. The van der Waals surface area contributed by atoms with E-state index in [0.29, 0.717) is 12.4 Å². The average Bonchev–Trinajstić information content (AvgIpc) is 2.36. The predicted octanol–water partition coefficient (Wildman–Crippen LogP) is 2.91. The summed E-state index contributed by atoms with van der Waals surface area (Å²) in [5.74, 6) is -0.415. The van der Waals surface area contributed by atoms with Crippen LogP contribution in [-0.4, -0.2) is 9.97 Å². The van der Waals surface area contributed by atoms with E-state index in [9.17, 15) is 8.78 Å². The van der Waals surface area contributed by atoms with E-state index in [1.165, 1.54) is 18.2 Å². The maximum absolute atomic E-state index is 13.6. The summed E-state index contributed by atoms with van der Waals surface area (Å²) >= 11 is 0. The number of nitrogens with one attached hydrogen (secondary N) is 1. The Kier molecular flexibility index (Phi) is 4.16. The zero-order chi connectivity index (χ0) is 13.8. The van der Waals surface area contributed by atoms with Crippen LogP contribution >= 0.6 is 0 Å². The van der Waals surface area contributed by atoms with E-state index in [0.717, 1.165) is 5.69 Å². The standard InChI is InChI=1S/C14H15F2N3/c1-9(14-12(15)4-3-5-13(14)16)18-8-11-6-7-17-10(2)19-11/h3-7,9,18H,8H2,1-2H3. The lowest BCUT2D eigenvalue weighted by atomic mass is 10.1. The summed E-state index contributed by atoms with van der Waals surface area (Å²) in [5.41, 5.74) is 0.837. The van der Waals surface area contributed by atoms with Gasteiger partial charge in [0.25, 0.3) is 0 Å². The van der Waals surface area contributed by atoms with Crippen molar-refractivity contribution in [2.45, 2.75) is 26.4 Å². The first-order chi connectivity index (χ1) is 9.08. The topological polar surface area (TPSA) is 37.8 Å². The van der Waals surface area contributed by atoms with Gasteiger partial charge < -0.3 is 5.32 Å². The quantitative estimate of drug-likeness (QED) is 0.921. The molecular formula is C14H15F2N3. The summed E-state index contributed by atoms with van der Waals surface area (Å²) in [6, 6.07) is 5.20. The number of halogens is 2. The van der Waals surface area contributed by atoms with Crippen LogP contribution in [0.3, 0.4) is 0 Å². The molecule has 0 saturated carbocycles. The maximum Gasteiger partial charge on any atom is 0.130 e. The molecule has 1 unspecified atom stereocenters. The van der Waals surface area contributed by atoms with Crippen molar-refractivity contribution in [3.8, 4) is 0 Å². The molecule has 3 nitrogen and oxygen atoms in total. The van der Waals surface area contributed by atoms with Crippen molar-refractivity contribution in [3.63, 3.8) is 0 Å². The Morgan fingerprint density at radius 1 is 1.21 bits per heavy atom. The van der Waals surface area contributed by atoms with Crippen molar-refractivity contribution in [2.75, 3.05) is 0 Å². The first-order valence-corrected chi connectivity index (χ1v) is 6.03. The monoisotopic (exact) mass is 263 g/mol. The smallest absolute Gasteiger partial charge is 0.130 e. The van der Waals surface area contributed by atoms with Gasteiger partial charge in [-0.3, -0.25) is 0 Å². The van der Waals surface area contributed by atoms with E-state index in [-0.39, 0.29) is 5.56 Å². The van der Waals surface area contributed by atoms with Crippen LogP contribution in [0.1, 0.15) is 30.0 Å². The van der Waals surface area contributed by atoms with Gasteiger partial charge in [0.15, 0.2) is 0 Å². The molecule has 19 heavy (non-hydrogen) atoms. The first kappa shape index (κ1) is 13.5. The third kappa shape index (κ3) is 3.32. The van der Waals surface area contributed by atoms with Crippen molar-refractivity contribution >= 4 is 0 Å². The summed E-state index contributed by atoms with van der Waals surface area (Å²) in [4.78, 5) is 8.22. The van der Waals surface area contributed by atoms with Gasteiger partial charge in [0.2, 0.25) is 0 Å². The highest BCUT2D eigenvalue weighted by Gasteiger charge is 2.15. The first-order valence-electron chi connectivity index (χ1n) is 6.03. The van der Waals surface area contributed by atoms with Gasteiger partial charge in [-0.2, -0.15) is 0 Å². The minimum Gasteiger partial charge on any atom is -0.304 e. The molecule has 1 aromatic carbocycles. The molecule has 0 amide bonds. The van der Waals surface area contributed by atoms with Gasteiger partial charge in [0.05, 0.1) is 5.69 Å². The van der Waals surface area contributed by atoms with Crippen LogP contribution in [0.5, 0.6) is 0 Å². The van der Waals surface area contributed by atoms with Crippen LogP contribution in [0, 0.1) is 18.6 Å². The minimum atomic E-state index is -0.543. The van der Waals surface area contributed by atoms with E-state index in [1.807, 2.05) is 0 Å². The minimum absolute atomic E-state index is 0.0493. The van der Waals surface area contributed by atoms with Crippen LogP contribution in [-0.2, 0) is 6.54 Å². The van der Waals surface area contributed by atoms with Gasteiger partial charge in [-0.05, 0) is 32.0 Å². The van der Waals surface area contributed by atoms with Crippen molar-refractivity contribution in [1.82, 2.24) is 15.3 Å². The van der Waals surface area contributed by atoms with E-state index in [1.54, 1.807) is 26.1 Å². The SMILES string of the molecule is Cc1nccc(CNC(C)c2c(F)cccc2F)n1.